The van der Waals surface area contributed by atoms with Gasteiger partial charge >= 0.3 is 0 Å². The summed E-state index contributed by atoms with van der Waals surface area (Å²) in [6.45, 7) is 2.71. The largest absolute Gasteiger partial charge is 0.389 e. The summed E-state index contributed by atoms with van der Waals surface area (Å²) in [5.41, 5.74) is 0.533. The quantitative estimate of drug-likeness (QED) is 0.721. The van der Waals surface area contributed by atoms with Crippen LogP contribution in [0.2, 0.25) is 10.0 Å². The lowest BCUT2D eigenvalue weighted by molar-refractivity contribution is -0.0282. The van der Waals surface area contributed by atoms with E-state index in [1.165, 1.54) is 12.1 Å². The van der Waals surface area contributed by atoms with E-state index >= 15 is 0 Å². The Morgan fingerprint density at radius 2 is 1.90 bits per heavy atom. The Bertz CT molecular complexity index is 411. The van der Waals surface area contributed by atoms with Gasteiger partial charge in [0.1, 0.15) is 0 Å². The lowest BCUT2D eigenvalue weighted by atomic mass is 10.3. The van der Waals surface area contributed by atoms with E-state index in [-0.39, 0.29) is 29.3 Å². The van der Waals surface area contributed by atoms with Crippen molar-refractivity contribution < 1.29 is 19.0 Å². The van der Waals surface area contributed by atoms with Crippen molar-refractivity contribution in [2.45, 2.75) is 19.1 Å². The number of hydrogen-bond donors (Lipinski definition) is 2. The normalized spacial score (nSPS) is 14.1. The van der Waals surface area contributed by atoms with Crippen LogP contribution >= 0.6 is 23.2 Å². The van der Waals surface area contributed by atoms with Crippen LogP contribution in [0.25, 0.3) is 0 Å². The monoisotopic (exact) mass is 325 g/mol. The SMILES string of the molecule is COCC(C)OCC(O)CNc1cc(Cl)c(F)c(Cl)c1. The van der Waals surface area contributed by atoms with E-state index in [1.54, 1.807) is 7.11 Å². The molecule has 0 saturated carbocycles. The minimum absolute atomic E-state index is 0.0699. The van der Waals surface area contributed by atoms with Gasteiger partial charge in [0.2, 0.25) is 0 Å². The molecule has 2 unspecified atom stereocenters. The van der Waals surface area contributed by atoms with Crippen LogP contribution in [0.3, 0.4) is 0 Å². The number of methoxy groups -OCH3 is 1. The number of aliphatic hydroxyl groups excluding tert-OH is 1. The van der Waals surface area contributed by atoms with Gasteiger partial charge in [-0.3, -0.25) is 0 Å². The molecule has 0 fully saturated rings. The van der Waals surface area contributed by atoms with Crippen LogP contribution in [0.4, 0.5) is 10.1 Å². The van der Waals surface area contributed by atoms with Crippen LogP contribution in [-0.2, 0) is 9.47 Å². The lowest BCUT2D eigenvalue weighted by Crippen LogP contribution is -2.28. The van der Waals surface area contributed by atoms with Crippen molar-refractivity contribution in [2.24, 2.45) is 0 Å². The van der Waals surface area contributed by atoms with Crippen molar-refractivity contribution in [2.75, 3.05) is 32.2 Å². The fourth-order valence-corrected chi connectivity index (χ4v) is 2.00. The van der Waals surface area contributed by atoms with E-state index < -0.39 is 11.9 Å². The second-order valence-corrected chi connectivity index (χ2v) is 5.20. The highest BCUT2D eigenvalue weighted by atomic mass is 35.5. The van der Waals surface area contributed by atoms with Crippen molar-refractivity contribution in [3.63, 3.8) is 0 Å². The highest BCUT2D eigenvalue weighted by Gasteiger charge is 2.10. The van der Waals surface area contributed by atoms with Gasteiger partial charge in [-0.15, -0.1) is 0 Å². The molecule has 1 aromatic carbocycles. The molecule has 0 heterocycles. The number of rotatable bonds is 8. The molecule has 0 aliphatic heterocycles. The number of hydrogen-bond acceptors (Lipinski definition) is 4. The minimum atomic E-state index is -0.711. The summed E-state index contributed by atoms with van der Waals surface area (Å²) in [6, 6.07) is 2.81. The number of aliphatic hydroxyl groups is 1. The van der Waals surface area contributed by atoms with E-state index in [0.717, 1.165) is 0 Å². The van der Waals surface area contributed by atoms with E-state index in [1.807, 2.05) is 6.92 Å². The van der Waals surface area contributed by atoms with Crippen molar-refractivity contribution in [1.82, 2.24) is 0 Å². The summed E-state index contributed by atoms with van der Waals surface area (Å²) in [5.74, 6) is -0.656. The molecule has 2 N–H and O–H groups in total. The van der Waals surface area contributed by atoms with Gasteiger partial charge in [-0.25, -0.2) is 4.39 Å². The number of benzene rings is 1. The van der Waals surface area contributed by atoms with Crippen LogP contribution in [0, 0.1) is 5.82 Å². The molecule has 20 heavy (non-hydrogen) atoms. The molecule has 1 aromatic rings. The molecule has 1 rings (SSSR count). The average molecular weight is 326 g/mol. The molecule has 0 aliphatic rings. The Labute approximate surface area is 127 Å². The van der Waals surface area contributed by atoms with Crippen LogP contribution in [-0.4, -0.2) is 44.2 Å². The van der Waals surface area contributed by atoms with Crippen LogP contribution < -0.4 is 5.32 Å². The van der Waals surface area contributed by atoms with E-state index in [2.05, 4.69) is 5.32 Å². The predicted octanol–water partition coefficient (Wildman–Crippen LogP) is 2.96. The van der Waals surface area contributed by atoms with Gasteiger partial charge in [-0.1, -0.05) is 23.2 Å². The average Bonchev–Trinajstić information content (AvgIpc) is 2.40. The Hall–Kier alpha value is -0.590. The summed E-state index contributed by atoms with van der Waals surface area (Å²) in [4.78, 5) is 0. The number of anilines is 1. The van der Waals surface area contributed by atoms with E-state index in [4.69, 9.17) is 32.7 Å². The fraction of sp³-hybridized carbons (Fsp3) is 0.538. The highest BCUT2D eigenvalue weighted by Crippen LogP contribution is 2.27. The number of nitrogens with one attached hydrogen (secondary N) is 1. The smallest absolute Gasteiger partial charge is 0.160 e. The third kappa shape index (κ3) is 5.81. The lowest BCUT2D eigenvalue weighted by Gasteiger charge is -2.17. The van der Waals surface area contributed by atoms with Crippen LogP contribution in [0.5, 0.6) is 0 Å². The zero-order valence-electron chi connectivity index (χ0n) is 11.3. The van der Waals surface area contributed by atoms with Crippen LogP contribution in [0.15, 0.2) is 12.1 Å². The van der Waals surface area contributed by atoms with Gasteiger partial charge in [0.05, 0.1) is 35.5 Å². The van der Waals surface area contributed by atoms with Gasteiger partial charge in [-0.2, -0.15) is 0 Å². The zero-order chi connectivity index (χ0) is 15.1. The molecule has 0 bridgehead atoms. The Morgan fingerprint density at radius 3 is 2.45 bits per heavy atom. The van der Waals surface area contributed by atoms with Crippen molar-refractivity contribution >= 4 is 28.9 Å². The zero-order valence-corrected chi connectivity index (χ0v) is 12.8. The third-order valence-corrected chi connectivity index (χ3v) is 3.05. The van der Waals surface area contributed by atoms with Crippen LogP contribution in [0.1, 0.15) is 6.92 Å². The maximum Gasteiger partial charge on any atom is 0.160 e. The molecule has 114 valence electrons. The summed E-state index contributed by atoms with van der Waals surface area (Å²) < 4.78 is 23.5. The van der Waals surface area contributed by atoms with Gasteiger partial charge in [-0.05, 0) is 19.1 Å². The van der Waals surface area contributed by atoms with Gasteiger partial charge < -0.3 is 19.9 Å². The Balaban J connectivity index is 2.39. The number of halogens is 3. The van der Waals surface area contributed by atoms with Gasteiger partial charge in [0, 0.05) is 19.3 Å². The molecule has 0 spiro atoms. The maximum atomic E-state index is 13.2. The van der Waals surface area contributed by atoms with Crippen molar-refractivity contribution in [1.29, 1.82) is 0 Å². The van der Waals surface area contributed by atoms with Crippen molar-refractivity contribution in [3.8, 4) is 0 Å². The topological polar surface area (TPSA) is 50.7 Å². The fourth-order valence-electron chi connectivity index (χ4n) is 1.51. The first-order valence-corrected chi connectivity index (χ1v) is 6.86. The van der Waals surface area contributed by atoms with E-state index in [9.17, 15) is 9.50 Å². The van der Waals surface area contributed by atoms with Gasteiger partial charge in [0.25, 0.3) is 0 Å². The minimum Gasteiger partial charge on any atom is -0.389 e. The first-order chi connectivity index (χ1) is 9.43. The first kappa shape index (κ1) is 17.5. The van der Waals surface area contributed by atoms with Crippen molar-refractivity contribution in [3.05, 3.63) is 28.0 Å². The predicted molar refractivity (Wildman–Crippen MR) is 78.2 cm³/mol. The summed E-state index contributed by atoms with van der Waals surface area (Å²) in [7, 11) is 1.58. The Morgan fingerprint density at radius 1 is 1.30 bits per heavy atom. The summed E-state index contributed by atoms with van der Waals surface area (Å²) >= 11 is 11.3. The molecule has 4 nitrogen and oxygen atoms in total. The highest BCUT2D eigenvalue weighted by molar-refractivity contribution is 6.35. The standard InChI is InChI=1S/C13H18Cl2FNO3/c1-8(6-19-2)20-7-10(18)5-17-9-3-11(14)13(16)12(15)4-9/h3-4,8,10,17-18H,5-7H2,1-2H3. The molecule has 2 atom stereocenters. The Kier molecular flexibility index (Phi) is 7.55. The third-order valence-electron chi connectivity index (χ3n) is 2.50. The van der Waals surface area contributed by atoms with Gasteiger partial charge in [0.15, 0.2) is 5.82 Å². The first-order valence-electron chi connectivity index (χ1n) is 6.11. The number of ether oxygens (including phenoxy) is 2. The summed E-state index contributed by atoms with van der Waals surface area (Å²) in [5, 5.41) is 12.5. The second-order valence-electron chi connectivity index (χ2n) is 4.39. The molecule has 0 aromatic heterocycles. The molecule has 0 amide bonds. The molecule has 0 saturated heterocycles. The molecular weight excluding hydrogens is 308 g/mol. The maximum absolute atomic E-state index is 13.2. The molecular formula is C13H18Cl2FNO3. The van der Waals surface area contributed by atoms with E-state index in [0.29, 0.717) is 12.3 Å². The second kappa shape index (κ2) is 8.64. The molecule has 7 heteroatoms. The molecule has 0 aliphatic carbocycles. The molecule has 0 radical (unpaired) electrons. The summed E-state index contributed by atoms with van der Waals surface area (Å²) in [6.07, 6.45) is -0.804.